The van der Waals surface area contributed by atoms with Crippen molar-refractivity contribution in [2.24, 2.45) is 17.8 Å². The summed E-state index contributed by atoms with van der Waals surface area (Å²) in [5.41, 5.74) is -1.98. The number of hydrogen-bond donors (Lipinski definition) is 2. The van der Waals surface area contributed by atoms with Crippen molar-refractivity contribution in [3.05, 3.63) is 24.3 Å². The second-order valence-corrected chi connectivity index (χ2v) is 7.67. The molecule has 0 radical (unpaired) electrons. The SMILES string of the molecule is CCCCCC(O)(C(=O)O)C1C(=O)C=CC1/C=C/CC1CCCCC1. The molecule has 2 aliphatic carbocycles. The van der Waals surface area contributed by atoms with E-state index >= 15 is 0 Å². The highest BCUT2D eigenvalue weighted by Gasteiger charge is 2.50. The summed E-state index contributed by atoms with van der Waals surface area (Å²) in [6.45, 7) is 2.03. The van der Waals surface area contributed by atoms with Gasteiger partial charge < -0.3 is 10.2 Å². The van der Waals surface area contributed by atoms with Gasteiger partial charge in [0.2, 0.25) is 0 Å². The van der Waals surface area contributed by atoms with Gasteiger partial charge in [-0.1, -0.05) is 70.1 Å². The average molecular weight is 348 g/mol. The van der Waals surface area contributed by atoms with E-state index in [-0.39, 0.29) is 18.1 Å². The van der Waals surface area contributed by atoms with Crippen molar-refractivity contribution in [2.45, 2.75) is 76.7 Å². The number of hydrogen-bond acceptors (Lipinski definition) is 3. The van der Waals surface area contributed by atoms with Gasteiger partial charge in [0.25, 0.3) is 0 Å². The molecule has 3 unspecified atom stereocenters. The van der Waals surface area contributed by atoms with Gasteiger partial charge in [-0.05, 0) is 31.3 Å². The zero-order valence-corrected chi connectivity index (χ0v) is 15.3. The van der Waals surface area contributed by atoms with Crippen molar-refractivity contribution in [2.75, 3.05) is 0 Å². The number of aliphatic carboxylic acids is 1. The molecule has 0 aromatic heterocycles. The van der Waals surface area contributed by atoms with Crippen LogP contribution in [-0.2, 0) is 9.59 Å². The Morgan fingerprint density at radius 1 is 1.28 bits per heavy atom. The Labute approximate surface area is 151 Å². The molecule has 0 saturated heterocycles. The zero-order chi connectivity index (χ0) is 18.3. The van der Waals surface area contributed by atoms with Gasteiger partial charge in [0.1, 0.15) is 0 Å². The van der Waals surface area contributed by atoms with E-state index in [1.54, 1.807) is 6.08 Å². The number of carbonyl (C=O) groups excluding carboxylic acids is 1. The van der Waals surface area contributed by atoms with Gasteiger partial charge in [-0.15, -0.1) is 0 Å². The fourth-order valence-corrected chi connectivity index (χ4v) is 4.23. The highest BCUT2D eigenvalue weighted by atomic mass is 16.4. The van der Waals surface area contributed by atoms with Gasteiger partial charge in [-0.2, -0.15) is 0 Å². The lowest BCUT2D eigenvalue weighted by Crippen LogP contribution is -2.50. The molecule has 2 N–H and O–H groups in total. The van der Waals surface area contributed by atoms with Crippen molar-refractivity contribution in [3.63, 3.8) is 0 Å². The minimum atomic E-state index is -1.98. The van der Waals surface area contributed by atoms with E-state index in [1.165, 1.54) is 38.2 Å². The molecule has 0 aromatic carbocycles. The van der Waals surface area contributed by atoms with Gasteiger partial charge >= 0.3 is 5.97 Å². The van der Waals surface area contributed by atoms with Crippen molar-refractivity contribution >= 4 is 11.8 Å². The van der Waals surface area contributed by atoms with Crippen LogP contribution in [0.2, 0.25) is 0 Å². The van der Waals surface area contributed by atoms with Crippen molar-refractivity contribution in [1.29, 1.82) is 0 Å². The number of carbonyl (C=O) groups is 2. The molecule has 0 amide bonds. The number of ketones is 1. The number of rotatable bonds is 9. The van der Waals surface area contributed by atoms with Crippen LogP contribution in [0.1, 0.15) is 71.1 Å². The van der Waals surface area contributed by atoms with Crippen LogP contribution in [0.4, 0.5) is 0 Å². The van der Waals surface area contributed by atoms with Crippen LogP contribution in [-0.4, -0.2) is 27.6 Å². The van der Waals surface area contributed by atoms with E-state index < -0.39 is 17.5 Å². The molecule has 0 aliphatic heterocycles. The van der Waals surface area contributed by atoms with Crippen LogP contribution in [0.15, 0.2) is 24.3 Å². The quantitative estimate of drug-likeness (QED) is 0.482. The summed E-state index contributed by atoms with van der Waals surface area (Å²) in [7, 11) is 0. The predicted molar refractivity (Wildman–Crippen MR) is 98.2 cm³/mol. The molecule has 25 heavy (non-hydrogen) atoms. The normalized spacial score (nSPS) is 27.0. The maximum absolute atomic E-state index is 12.3. The minimum absolute atomic E-state index is 0.126. The fourth-order valence-electron chi connectivity index (χ4n) is 4.23. The summed E-state index contributed by atoms with van der Waals surface area (Å²) >= 11 is 0. The second-order valence-electron chi connectivity index (χ2n) is 7.67. The predicted octanol–water partition coefficient (Wildman–Crippen LogP) is 4.28. The minimum Gasteiger partial charge on any atom is -0.479 e. The van der Waals surface area contributed by atoms with E-state index in [9.17, 15) is 19.8 Å². The summed E-state index contributed by atoms with van der Waals surface area (Å²) in [4.78, 5) is 24.0. The second kappa shape index (κ2) is 9.33. The third-order valence-electron chi connectivity index (χ3n) is 5.77. The largest absolute Gasteiger partial charge is 0.479 e. The fraction of sp³-hybridized carbons (Fsp3) is 0.714. The first-order chi connectivity index (χ1) is 12.0. The third-order valence-corrected chi connectivity index (χ3v) is 5.77. The molecule has 4 nitrogen and oxygen atoms in total. The Bertz CT molecular complexity index is 516. The Morgan fingerprint density at radius 2 is 2.00 bits per heavy atom. The van der Waals surface area contributed by atoms with E-state index in [2.05, 4.69) is 6.08 Å². The summed E-state index contributed by atoms with van der Waals surface area (Å²) in [6, 6.07) is 0. The van der Waals surface area contributed by atoms with Crippen molar-refractivity contribution in [1.82, 2.24) is 0 Å². The van der Waals surface area contributed by atoms with Gasteiger partial charge in [0.15, 0.2) is 11.4 Å². The lowest BCUT2D eigenvalue weighted by molar-refractivity contribution is -0.169. The smallest absolute Gasteiger partial charge is 0.336 e. The van der Waals surface area contributed by atoms with Crippen LogP contribution in [0.5, 0.6) is 0 Å². The number of aliphatic hydroxyl groups is 1. The molecular formula is C21H32O4. The molecule has 0 aromatic rings. The lowest BCUT2D eigenvalue weighted by Gasteiger charge is -2.32. The summed E-state index contributed by atoms with van der Waals surface area (Å²) < 4.78 is 0. The average Bonchev–Trinajstić information content (AvgIpc) is 2.97. The molecule has 2 rings (SSSR count). The molecule has 0 spiro atoms. The van der Waals surface area contributed by atoms with E-state index in [1.807, 2.05) is 13.0 Å². The van der Waals surface area contributed by atoms with E-state index in [0.29, 0.717) is 12.3 Å². The number of carboxylic acids is 1. The first-order valence-corrected chi connectivity index (χ1v) is 9.83. The lowest BCUT2D eigenvalue weighted by atomic mass is 9.75. The molecule has 0 heterocycles. The Hall–Kier alpha value is -1.42. The van der Waals surface area contributed by atoms with Crippen LogP contribution >= 0.6 is 0 Å². The van der Waals surface area contributed by atoms with Gasteiger partial charge in [0.05, 0.1) is 5.92 Å². The summed E-state index contributed by atoms with van der Waals surface area (Å²) in [6.07, 6.45) is 17.1. The standard InChI is InChI=1S/C21H32O4/c1-2-3-7-15-21(25,20(23)24)19-17(13-14-18(19)22)12-8-11-16-9-5-4-6-10-16/h8,12-14,16-17,19,25H,2-7,9-11,15H2,1H3,(H,23,24)/b12-8+. The zero-order valence-electron chi connectivity index (χ0n) is 15.3. The molecule has 2 aliphatic rings. The molecule has 1 fully saturated rings. The van der Waals surface area contributed by atoms with Crippen LogP contribution in [0, 0.1) is 17.8 Å². The maximum atomic E-state index is 12.3. The molecular weight excluding hydrogens is 316 g/mol. The Kier molecular flexibility index (Phi) is 7.42. The van der Waals surface area contributed by atoms with Gasteiger partial charge in [-0.25, -0.2) is 4.79 Å². The van der Waals surface area contributed by atoms with Crippen molar-refractivity contribution in [3.8, 4) is 0 Å². The van der Waals surface area contributed by atoms with Gasteiger partial charge in [0, 0.05) is 5.92 Å². The van der Waals surface area contributed by atoms with E-state index in [4.69, 9.17) is 0 Å². The van der Waals surface area contributed by atoms with E-state index in [0.717, 1.165) is 19.3 Å². The first-order valence-electron chi connectivity index (χ1n) is 9.83. The number of allylic oxidation sites excluding steroid dienone is 4. The summed E-state index contributed by atoms with van der Waals surface area (Å²) in [5.74, 6) is -2.07. The molecule has 1 saturated carbocycles. The topological polar surface area (TPSA) is 74.6 Å². The Balaban J connectivity index is 2.04. The number of carboxylic acid groups (broad SMARTS) is 1. The Morgan fingerprint density at radius 3 is 2.64 bits per heavy atom. The molecule has 3 atom stereocenters. The first kappa shape index (κ1) is 19.9. The van der Waals surface area contributed by atoms with Crippen LogP contribution in [0.3, 0.4) is 0 Å². The monoisotopic (exact) mass is 348 g/mol. The summed E-state index contributed by atoms with van der Waals surface area (Å²) in [5, 5.41) is 20.4. The number of unbranched alkanes of at least 4 members (excludes halogenated alkanes) is 2. The highest BCUT2D eigenvalue weighted by molar-refractivity contribution is 5.99. The van der Waals surface area contributed by atoms with Crippen molar-refractivity contribution < 1.29 is 19.8 Å². The highest BCUT2D eigenvalue weighted by Crippen LogP contribution is 2.37. The van der Waals surface area contributed by atoms with Crippen LogP contribution in [0.25, 0.3) is 0 Å². The molecule has 0 bridgehead atoms. The maximum Gasteiger partial charge on any atom is 0.336 e. The molecule has 4 heteroatoms. The molecule has 140 valence electrons. The third kappa shape index (κ3) is 5.04. The van der Waals surface area contributed by atoms with Crippen LogP contribution < -0.4 is 0 Å². The van der Waals surface area contributed by atoms with Gasteiger partial charge in [-0.3, -0.25) is 4.79 Å².